The van der Waals surface area contributed by atoms with Crippen LogP contribution in [0.1, 0.15) is 83.1 Å². The molecule has 2 N–H and O–H groups in total. The number of nitrogens with zero attached hydrogens (tertiary/aromatic N) is 2. The Morgan fingerprint density at radius 2 is 1.89 bits per heavy atom. The molecule has 1 spiro atoms. The second-order valence-electron chi connectivity index (χ2n) is 11.8. The van der Waals surface area contributed by atoms with Gasteiger partial charge in [0.1, 0.15) is 0 Å². The zero-order chi connectivity index (χ0) is 23.7. The fraction of sp³-hybridized carbons (Fsp3) is 0.500. The number of H-pyrrole nitrogens is 1. The summed E-state index contributed by atoms with van der Waals surface area (Å²) in [5.41, 5.74) is 7.98. The summed E-state index contributed by atoms with van der Waals surface area (Å²) in [5, 5.41) is 10.8. The highest BCUT2D eigenvalue weighted by atomic mass is 16.4. The fourth-order valence-corrected chi connectivity index (χ4v) is 6.91. The summed E-state index contributed by atoms with van der Waals surface area (Å²) in [5.74, 6) is -0.140. The summed E-state index contributed by atoms with van der Waals surface area (Å²) >= 11 is 0. The lowest BCUT2D eigenvalue weighted by molar-refractivity contribution is -0.0130. The van der Waals surface area contributed by atoms with Crippen LogP contribution in [0.3, 0.4) is 0 Å². The Hall–Kier alpha value is -2.63. The largest absolute Gasteiger partial charge is 0.478 e. The molecule has 0 amide bonds. The number of hydrogen-bond donors (Lipinski definition) is 2. The topological polar surface area (TPSA) is 59.6 Å². The van der Waals surface area contributed by atoms with Crippen molar-refractivity contribution in [2.45, 2.75) is 70.0 Å². The summed E-state index contributed by atoms with van der Waals surface area (Å²) in [6, 6.07) is 13.3. The molecule has 0 bridgehead atoms. The first kappa shape index (κ1) is 21.6. The third-order valence-electron chi connectivity index (χ3n) is 9.34. The Balaban J connectivity index is 1.21. The van der Waals surface area contributed by atoms with Gasteiger partial charge in [-0.25, -0.2) is 4.79 Å². The molecule has 5 heteroatoms. The molecule has 35 heavy (non-hydrogen) atoms. The molecule has 7 rings (SSSR count). The molecule has 2 saturated heterocycles. The first-order chi connectivity index (χ1) is 17.0. The van der Waals surface area contributed by atoms with Gasteiger partial charge < -0.3 is 10.1 Å². The number of likely N-dealkylation sites (tertiary alicyclic amines) is 2. The Morgan fingerprint density at radius 3 is 2.57 bits per heavy atom. The number of rotatable bonds is 6. The average Bonchev–Trinajstić information content (AvgIpc) is 3.77. The lowest BCUT2D eigenvalue weighted by Crippen LogP contribution is -2.56. The molecule has 0 unspecified atom stereocenters. The maximum absolute atomic E-state index is 11.5. The number of fused-ring (bicyclic) bond motifs is 1. The third-order valence-corrected chi connectivity index (χ3v) is 9.34. The van der Waals surface area contributed by atoms with Gasteiger partial charge in [0, 0.05) is 55.4 Å². The summed E-state index contributed by atoms with van der Waals surface area (Å²) in [4.78, 5) is 20.4. The van der Waals surface area contributed by atoms with Crippen LogP contribution in [0, 0.1) is 12.3 Å². The molecule has 4 aliphatic rings. The van der Waals surface area contributed by atoms with Crippen LogP contribution >= 0.6 is 0 Å². The van der Waals surface area contributed by atoms with Crippen molar-refractivity contribution < 1.29 is 9.90 Å². The molecule has 2 aromatic carbocycles. The second kappa shape index (κ2) is 7.94. The standard InChI is InChI=1S/C30H35N3O2/c1-19-14-25(20-2-3-20)26(24-8-12-31-28(19)24)16-32-13-9-23(33-17-30(18-33)10-11-30)15-27(32)21-4-6-22(7-5-21)29(34)35/h4-8,12,14,20,23,27,31H,2-3,9-11,13,15-18H2,1H3,(H,34,35)/t23-,27+/m0/s1. The van der Waals surface area contributed by atoms with Crippen molar-refractivity contribution >= 4 is 16.9 Å². The number of benzene rings is 2. The number of aromatic amines is 1. The van der Waals surface area contributed by atoms with Crippen LogP contribution in [0.15, 0.2) is 42.6 Å². The van der Waals surface area contributed by atoms with E-state index < -0.39 is 5.97 Å². The number of aryl methyl sites for hydroxylation is 1. The lowest BCUT2D eigenvalue weighted by atomic mass is 9.85. The van der Waals surface area contributed by atoms with Crippen molar-refractivity contribution in [3.05, 3.63) is 70.4 Å². The molecule has 2 aliphatic carbocycles. The van der Waals surface area contributed by atoms with Crippen LogP contribution in [0.4, 0.5) is 0 Å². The number of carbonyl (C=O) groups is 1. The average molecular weight is 470 g/mol. The highest BCUT2D eigenvalue weighted by Crippen LogP contribution is 2.54. The van der Waals surface area contributed by atoms with Crippen LogP contribution in [-0.4, -0.2) is 51.5 Å². The van der Waals surface area contributed by atoms with Crippen LogP contribution in [-0.2, 0) is 6.54 Å². The maximum atomic E-state index is 11.5. The van der Waals surface area contributed by atoms with Crippen LogP contribution in [0.25, 0.3) is 10.9 Å². The quantitative estimate of drug-likeness (QED) is 0.475. The van der Waals surface area contributed by atoms with Gasteiger partial charge in [0.05, 0.1) is 5.56 Å². The minimum Gasteiger partial charge on any atom is -0.478 e. The minimum atomic E-state index is -0.853. The van der Waals surface area contributed by atoms with E-state index in [2.05, 4.69) is 52.2 Å². The summed E-state index contributed by atoms with van der Waals surface area (Å²) in [6.07, 6.45) is 9.90. The number of carboxylic acid groups (broad SMARTS) is 1. The van der Waals surface area contributed by atoms with Gasteiger partial charge in [-0.1, -0.05) is 18.2 Å². The van der Waals surface area contributed by atoms with Crippen molar-refractivity contribution in [1.29, 1.82) is 0 Å². The van der Waals surface area contributed by atoms with Gasteiger partial charge in [-0.05, 0) is 97.2 Å². The number of piperidine rings is 1. The smallest absolute Gasteiger partial charge is 0.335 e. The first-order valence-electron chi connectivity index (χ1n) is 13.4. The van der Waals surface area contributed by atoms with E-state index in [1.54, 1.807) is 17.7 Å². The normalized spacial score (nSPS) is 26.2. The van der Waals surface area contributed by atoms with E-state index in [0.717, 1.165) is 19.5 Å². The van der Waals surface area contributed by atoms with Crippen LogP contribution in [0.5, 0.6) is 0 Å². The zero-order valence-corrected chi connectivity index (χ0v) is 20.6. The van der Waals surface area contributed by atoms with Gasteiger partial charge in [-0.3, -0.25) is 9.80 Å². The van der Waals surface area contributed by atoms with Gasteiger partial charge >= 0.3 is 5.97 Å². The third kappa shape index (κ3) is 3.80. The fourth-order valence-electron chi connectivity index (χ4n) is 6.91. The summed E-state index contributed by atoms with van der Waals surface area (Å²) in [7, 11) is 0. The molecular formula is C30H35N3O2. The van der Waals surface area contributed by atoms with Gasteiger partial charge in [0.15, 0.2) is 0 Å². The first-order valence-corrected chi connectivity index (χ1v) is 13.4. The molecule has 2 atom stereocenters. The van der Waals surface area contributed by atoms with Gasteiger partial charge in [-0.2, -0.15) is 0 Å². The summed E-state index contributed by atoms with van der Waals surface area (Å²) in [6.45, 7) is 6.85. The Kier molecular flexibility index (Phi) is 4.91. The Labute approximate surface area is 207 Å². The van der Waals surface area contributed by atoms with Crippen molar-refractivity contribution in [3.63, 3.8) is 0 Å². The molecule has 3 aromatic rings. The molecule has 3 heterocycles. The van der Waals surface area contributed by atoms with Crippen molar-refractivity contribution in [3.8, 4) is 0 Å². The van der Waals surface area contributed by atoms with Crippen molar-refractivity contribution in [2.24, 2.45) is 5.41 Å². The molecule has 182 valence electrons. The molecule has 4 fully saturated rings. The van der Waals surface area contributed by atoms with E-state index in [4.69, 9.17) is 0 Å². The van der Waals surface area contributed by atoms with E-state index in [-0.39, 0.29) is 0 Å². The van der Waals surface area contributed by atoms with Gasteiger partial charge in [0.2, 0.25) is 0 Å². The van der Waals surface area contributed by atoms with Gasteiger partial charge in [0.25, 0.3) is 0 Å². The Morgan fingerprint density at radius 1 is 1.11 bits per heavy atom. The molecular weight excluding hydrogens is 434 g/mol. The van der Waals surface area contributed by atoms with Crippen molar-refractivity contribution in [2.75, 3.05) is 19.6 Å². The van der Waals surface area contributed by atoms with E-state index >= 15 is 0 Å². The maximum Gasteiger partial charge on any atom is 0.335 e. The number of hydrogen-bond acceptors (Lipinski definition) is 3. The minimum absolute atomic E-state index is 0.315. The van der Waals surface area contributed by atoms with E-state index in [9.17, 15) is 9.90 Å². The number of nitrogens with one attached hydrogen (secondary N) is 1. The zero-order valence-electron chi connectivity index (χ0n) is 20.6. The molecule has 5 nitrogen and oxygen atoms in total. The SMILES string of the molecule is Cc1cc(C2CC2)c(CN2CC[C@H](N3CC4(CC4)C3)C[C@@H]2c2ccc(C(=O)O)cc2)c2cc[nH]c12. The van der Waals surface area contributed by atoms with E-state index in [0.29, 0.717) is 29.0 Å². The molecule has 1 aromatic heterocycles. The number of aromatic carboxylic acids is 1. The molecule has 2 aliphatic heterocycles. The highest BCUT2D eigenvalue weighted by molar-refractivity contribution is 5.88. The van der Waals surface area contributed by atoms with Crippen molar-refractivity contribution in [1.82, 2.24) is 14.8 Å². The van der Waals surface area contributed by atoms with Crippen LogP contribution < -0.4 is 0 Å². The van der Waals surface area contributed by atoms with Crippen LogP contribution in [0.2, 0.25) is 0 Å². The predicted octanol–water partition coefficient (Wildman–Crippen LogP) is 5.85. The van der Waals surface area contributed by atoms with Gasteiger partial charge in [-0.15, -0.1) is 0 Å². The van der Waals surface area contributed by atoms with E-state index in [1.807, 2.05) is 0 Å². The highest BCUT2D eigenvalue weighted by Gasteiger charge is 2.54. The lowest BCUT2D eigenvalue weighted by Gasteiger charge is -2.50. The number of aromatic nitrogens is 1. The monoisotopic (exact) mass is 469 g/mol. The second-order valence-corrected chi connectivity index (χ2v) is 11.8. The predicted molar refractivity (Wildman–Crippen MR) is 138 cm³/mol. The summed E-state index contributed by atoms with van der Waals surface area (Å²) < 4.78 is 0. The number of carboxylic acids is 1. The molecule has 0 radical (unpaired) electrons. The van der Waals surface area contributed by atoms with E-state index in [1.165, 1.54) is 72.8 Å². The molecule has 2 saturated carbocycles. The Bertz CT molecular complexity index is 1280.